The highest BCUT2D eigenvalue weighted by Crippen LogP contribution is 2.36. The van der Waals surface area contributed by atoms with E-state index in [1.165, 1.54) is 19.1 Å². The number of fused-ring (bicyclic) bond motifs is 1. The van der Waals surface area contributed by atoms with Crippen molar-refractivity contribution in [2.45, 2.75) is 19.4 Å². The maximum Gasteiger partial charge on any atom is 0.360 e. The summed E-state index contributed by atoms with van der Waals surface area (Å²) in [4.78, 5) is 33.9. The third-order valence-corrected chi connectivity index (χ3v) is 2.84. The quantitative estimate of drug-likeness (QED) is 0.386. The molecule has 0 radical (unpaired) electrons. The molecule has 8 nitrogen and oxygen atoms in total. The van der Waals surface area contributed by atoms with Gasteiger partial charge in [0.2, 0.25) is 0 Å². The molecule has 1 aliphatic rings. The molecule has 1 atom stereocenters. The third kappa shape index (κ3) is 2.15. The van der Waals surface area contributed by atoms with Crippen molar-refractivity contribution in [3.63, 3.8) is 0 Å². The smallest absolute Gasteiger partial charge is 0.360 e. The number of nitro groups is 1. The first-order valence-electron chi connectivity index (χ1n) is 5.84. The lowest BCUT2D eigenvalue weighted by atomic mass is 10.0. The Hall–Kier alpha value is -2.64. The van der Waals surface area contributed by atoms with Gasteiger partial charge in [0.25, 0.3) is 17.2 Å². The fourth-order valence-corrected chi connectivity index (χ4v) is 1.72. The van der Waals surface area contributed by atoms with Crippen LogP contribution in [-0.4, -0.2) is 29.0 Å². The van der Waals surface area contributed by atoms with Gasteiger partial charge in [0, 0.05) is 6.07 Å². The first kappa shape index (κ1) is 13.8. The molecule has 106 valence electrons. The molecule has 1 aromatic rings. The van der Waals surface area contributed by atoms with E-state index in [2.05, 4.69) is 5.32 Å². The molecular formula is C12H12N2O6. The molecule has 1 heterocycles. The van der Waals surface area contributed by atoms with Gasteiger partial charge in [0.05, 0.1) is 23.3 Å². The number of carbonyl (C=O) groups is 2. The molecule has 0 aromatic heterocycles. The van der Waals surface area contributed by atoms with Crippen molar-refractivity contribution in [3.8, 4) is 5.75 Å². The maximum absolute atomic E-state index is 11.9. The number of nitro benzene ring substituents is 1. The van der Waals surface area contributed by atoms with Crippen molar-refractivity contribution < 1.29 is 24.0 Å². The van der Waals surface area contributed by atoms with Crippen LogP contribution in [0.15, 0.2) is 18.2 Å². The van der Waals surface area contributed by atoms with Gasteiger partial charge in [-0.15, -0.1) is 0 Å². The number of benzene rings is 1. The Labute approximate surface area is 113 Å². The zero-order valence-corrected chi connectivity index (χ0v) is 10.8. The molecule has 0 fully saturated rings. The first-order valence-corrected chi connectivity index (χ1v) is 5.84. The normalized spacial score (nSPS) is 20.4. The highest BCUT2D eigenvalue weighted by molar-refractivity contribution is 6.13. The van der Waals surface area contributed by atoms with Crippen LogP contribution in [0.1, 0.15) is 13.8 Å². The number of anilines is 1. The zero-order valence-electron chi connectivity index (χ0n) is 10.8. The Morgan fingerprint density at radius 1 is 1.55 bits per heavy atom. The van der Waals surface area contributed by atoms with E-state index in [9.17, 15) is 19.7 Å². The van der Waals surface area contributed by atoms with E-state index in [-0.39, 0.29) is 23.7 Å². The van der Waals surface area contributed by atoms with Gasteiger partial charge in [-0.05, 0) is 19.9 Å². The first-order chi connectivity index (χ1) is 9.38. The molecule has 1 aliphatic heterocycles. The van der Waals surface area contributed by atoms with Crippen molar-refractivity contribution in [3.05, 3.63) is 28.3 Å². The highest BCUT2D eigenvalue weighted by atomic mass is 16.6. The summed E-state index contributed by atoms with van der Waals surface area (Å²) in [5.41, 5.74) is -1.80. The number of ether oxygens (including phenoxy) is 2. The SMILES string of the molecule is CCOC(=O)[C@@]1(C)Oc2cc([N+](=O)[O-])ccc2NC1=O. The fourth-order valence-electron chi connectivity index (χ4n) is 1.72. The molecule has 0 aliphatic carbocycles. The minimum absolute atomic E-state index is 0.0503. The number of nitrogens with one attached hydrogen (secondary N) is 1. The Morgan fingerprint density at radius 3 is 2.85 bits per heavy atom. The predicted molar refractivity (Wildman–Crippen MR) is 67.4 cm³/mol. The predicted octanol–water partition coefficient (Wildman–Crippen LogP) is 1.25. The monoisotopic (exact) mass is 280 g/mol. The van der Waals surface area contributed by atoms with Gasteiger partial charge in [-0.2, -0.15) is 0 Å². The second-order valence-electron chi connectivity index (χ2n) is 4.25. The number of carbonyl (C=O) groups excluding carboxylic acids is 2. The summed E-state index contributed by atoms with van der Waals surface area (Å²) < 4.78 is 10.1. The third-order valence-electron chi connectivity index (χ3n) is 2.84. The average Bonchev–Trinajstić information content (AvgIpc) is 2.39. The fraction of sp³-hybridized carbons (Fsp3) is 0.333. The lowest BCUT2D eigenvalue weighted by Gasteiger charge is -2.32. The Balaban J connectivity index is 2.40. The number of esters is 1. The minimum atomic E-state index is -1.86. The molecule has 1 amide bonds. The van der Waals surface area contributed by atoms with Crippen molar-refractivity contribution >= 4 is 23.3 Å². The van der Waals surface area contributed by atoms with Crippen molar-refractivity contribution in [1.82, 2.24) is 0 Å². The molecule has 0 saturated heterocycles. The van der Waals surface area contributed by atoms with Crippen LogP contribution in [0.5, 0.6) is 5.75 Å². The number of non-ortho nitro benzene ring substituents is 1. The van der Waals surface area contributed by atoms with E-state index in [0.29, 0.717) is 0 Å². The summed E-state index contributed by atoms with van der Waals surface area (Å²) in [7, 11) is 0. The molecule has 20 heavy (non-hydrogen) atoms. The van der Waals surface area contributed by atoms with E-state index >= 15 is 0 Å². The van der Waals surface area contributed by atoms with Gasteiger partial charge in [0.1, 0.15) is 0 Å². The summed E-state index contributed by atoms with van der Waals surface area (Å²) in [5, 5.41) is 13.2. The van der Waals surface area contributed by atoms with E-state index in [1.807, 2.05) is 0 Å². The van der Waals surface area contributed by atoms with Crippen LogP contribution in [0.4, 0.5) is 11.4 Å². The second-order valence-corrected chi connectivity index (χ2v) is 4.25. The molecule has 0 bridgehead atoms. The molecule has 1 aromatic carbocycles. The van der Waals surface area contributed by atoms with E-state index < -0.39 is 22.4 Å². The number of hydrogen-bond donors (Lipinski definition) is 1. The Kier molecular flexibility index (Phi) is 3.31. The Bertz CT molecular complexity index is 600. The molecule has 0 unspecified atom stereocenters. The highest BCUT2D eigenvalue weighted by Gasteiger charge is 2.49. The Morgan fingerprint density at radius 2 is 2.25 bits per heavy atom. The number of nitrogens with zero attached hydrogens (tertiary/aromatic N) is 1. The largest absolute Gasteiger partial charge is 0.463 e. The summed E-state index contributed by atoms with van der Waals surface area (Å²) in [5.74, 6) is -1.48. The molecule has 8 heteroatoms. The van der Waals surface area contributed by atoms with Gasteiger partial charge in [0.15, 0.2) is 5.75 Å². The molecule has 0 saturated carbocycles. The van der Waals surface area contributed by atoms with Gasteiger partial charge in [-0.3, -0.25) is 14.9 Å². The van der Waals surface area contributed by atoms with Gasteiger partial charge < -0.3 is 14.8 Å². The van der Waals surface area contributed by atoms with Crippen LogP contribution in [0.2, 0.25) is 0 Å². The molecular weight excluding hydrogens is 268 g/mol. The van der Waals surface area contributed by atoms with Crippen LogP contribution in [-0.2, 0) is 14.3 Å². The zero-order chi connectivity index (χ0) is 14.9. The topological polar surface area (TPSA) is 108 Å². The van der Waals surface area contributed by atoms with E-state index in [1.54, 1.807) is 6.92 Å². The molecule has 0 spiro atoms. The standard InChI is InChI=1S/C12H12N2O6/c1-3-19-11(16)12(2)10(15)13-8-5-4-7(14(17)18)6-9(8)20-12/h4-6H,3H2,1-2H3,(H,13,15)/t12-/m0/s1. The van der Waals surface area contributed by atoms with Crippen LogP contribution >= 0.6 is 0 Å². The number of amides is 1. The number of rotatable bonds is 3. The van der Waals surface area contributed by atoms with Crippen molar-refractivity contribution in [2.24, 2.45) is 0 Å². The van der Waals surface area contributed by atoms with E-state index in [4.69, 9.17) is 9.47 Å². The summed E-state index contributed by atoms with van der Waals surface area (Å²) in [6, 6.07) is 3.72. The van der Waals surface area contributed by atoms with E-state index in [0.717, 1.165) is 6.07 Å². The van der Waals surface area contributed by atoms with Crippen LogP contribution < -0.4 is 10.1 Å². The average molecular weight is 280 g/mol. The van der Waals surface area contributed by atoms with Gasteiger partial charge in [-0.1, -0.05) is 0 Å². The molecule has 1 N–H and O–H groups in total. The molecule has 2 rings (SSSR count). The summed E-state index contributed by atoms with van der Waals surface area (Å²) in [6.07, 6.45) is 0. The summed E-state index contributed by atoms with van der Waals surface area (Å²) in [6.45, 7) is 2.94. The van der Waals surface area contributed by atoms with Crippen molar-refractivity contribution in [2.75, 3.05) is 11.9 Å². The van der Waals surface area contributed by atoms with Gasteiger partial charge in [-0.25, -0.2) is 4.79 Å². The summed E-state index contributed by atoms with van der Waals surface area (Å²) >= 11 is 0. The maximum atomic E-state index is 11.9. The number of hydrogen-bond acceptors (Lipinski definition) is 6. The van der Waals surface area contributed by atoms with Gasteiger partial charge >= 0.3 is 5.97 Å². The second kappa shape index (κ2) is 4.80. The van der Waals surface area contributed by atoms with Crippen LogP contribution in [0, 0.1) is 10.1 Å². The van der Waals surface area contributed by atoms with Crippen LogP contribution in [0.3, 0.4) is 0 Å². The minimum Gasteiger partial charge on any atom is -0.463 e. The lowest BCUT2D eigenvalue weighted by molar-refractivity contribution is -0.385. The lowest BCUT2D eigenvalue weighted by Crippen LogP contribution is -2.55. The van der Waals surface area contributed by atoms with Crippen molar-refractivity contribution in [1.29, 1.82) is 0 Å². The van der Waals surface area contributed by atoms with Crippen LogP contribution in [0.25, 0.3) is 0 Å².